The Bertz CT molecular complexity index is 701. The molecule has 1 aliphatic heterocycles. The van der Waals surface area contributed by atoms with Crippen LogP contribution in [0.1, 0.15) is 0 Å². The number of hydrogen-bond acceptors (Lipinski definition) is 4. The molecule has 6 heteroatoms. The van der Waals surface area contributed by atoms with Crippen molar-refractivity contribution in [1.82, 2.24) is 9.55 Å². The molecule has 1 aromatic heterocycles. The zero-order valence-electron chi connectivity index (χ0n) is 10.3. The molecule has 0 spiro atoms. The van der Waals surface area contributed by atoms with Gasteiger partial charge in [0.25, 0.3) is 5.56 Å². The second kappa shape index (κ2) is 5.24. The molecule has 1 atom stereocenters. The van der Waals surface area contributed by atoms with Crippen molar-refractivity contribution in [3.63, 3.8) is 0 Å². The number of benzene rings is 1. The van der Waals surface area contributed by atoms with Crippen LogP contribution in [-0.4, -0.2) is 35.5 Å². The lowest BCUT2D eigenvalue weighted by Crippen LogP contribution is -2.36. The third-order valence-electron chi connectivity index (χ3n) is 3.16. The van der Waals surface area contributed by atoms with Crippen LogP contribution in [0.3, 0.4) is 0 Å². The van der Waals surface area contributed by atoms with Gasteiger partial charge in [-0.15, -0.1) is 0 Å². The Morgan fingerprint density at radius 1 is 1.37 bits per heavy atom. The van der Waals surface area contributed by atoms with E-state index in [1.165, 1.54) is 4.57 Å². The summed E-state index contributed by atoms with van der Waals surface area (Å²) >= 11 is 5.25. The van der Waals surface area contributed by atoms with Crippen molar-refractivity contribution in [2.24, 2.45) is 0 Å². The van der Waals surface area contributed by atoms with E-state index >= 15 is 0 Å². The first-order valence-corrected chi connectivity index (χ1v) is 6.58. The lowest BCUT2D eigenvalue weighted by Gasteiger charge is -2.23. The van der Waals surface area contributed by atoms with Gasteiger partial charge < -0.3 is 14.5 Å². The Morgan fingerprint density at radius 3 is 3.00 bits per heavy atom. The van der Waals surface area contributed by atoms with Crippen LogP contribution in [0.5, 0.6) is 0 Å². The number of hydrogen-bond donors (Lipinski definition) is 1. The average Bonchev–Trinajstić information content (AvgIpc) is 2.45. The van der Waals surface area contributed by atoms with Gasteiger partial charge in [0, 0.05) is 0 Å². The summed E-state index contributed by atoms with van der Waals surface area (Å²) in [6, 6.07) is 7.34. The van der Waals surface area contributed by atoms with E-state index in [0.29, 0.717) is 36.5 Å². The predicted octanol–water partition coefficient (Wildman–Crippen LogP) is 1.47. The summed E-state index contributed by atoms with van der Waals surface area (Å²) in [7, 11) is 0. The smallest absolute Gasteiger partial charge is 0.262 e. The summed E-state index contributed by atoms with van der Waals surface area (Å²) in [5.74, 6) is 0. The molecule has 0 bridgehead atoms. The SMILES string of the molecule is O=c1c2ccccc2[nH]c(=S)n1CC1COCCO1. The minimum absolute atomic E-state index is 0.0893. The first kappa shape index (κ1) is 12.5. The molecule has 1 unspecified atom stereocenters. The van der Waals surface area contributed by atoms with Crippen molar-refractivity contribution in [2.75, 3.05) is 19.8 Å². The van der Waals surface area contributed by atoms with Crippen molar-refractivity contribution >= 4 is 23.1 Å². The first-order valence-electron chi connectivity index (χ1n) is 6.17. The molecule has 2 aromatic rings. The molecule has 1 saturated heterocycles. The van der Waals surface area contributed by atoms with Gasteiger partial charge in [0.1, 0.15) is 0 Å². The van der Waals surface area contributed by atoms with Gasteiger partial charge in [-0.2, -0.15) is 0 Å². The Morgan fingerprint density at radius 2 is 2.21 bits per heavy atom. The molecule has 0 radical (unpaired) electrons. The van der Waals surface area contributed by atoms with Crippen molar-refractivity contribution in [3.8, 4) is 0 Å². The van der Waals surface area contributed by atoms with Gasteiger partial charge in [-0.05, 0) is 24.4 Å². The number of para-hydroxylation sites is 1. The maximum atomic E-state index is 12.4. The zero-order valence-corrected chi connectivity index (χ0v) is 11.1. The lowest BCUT2D eigenvalue weighted by atomic mass is 10.2. The van der Waals surface area contributed by atoms with Gasteiger partial charge in [0.15, 0.2) is 4.77 Å². The fraction of sp³-hybridized carbons (Fsp3) is 0.385. The third kappa shape index (κ3) is 2.47. The molecule has 100 valence electrons. The quantitative estimate of drug-likeness (QED) is 0.845. The van der Waals surface area contributed by atoms with E-state index in [1.807, 2.05) is 18.2 Å². The lowest BCUT2D eigenvalue weighted by molar-refractivity contribution is -0.0940. The maximum absolute atomic E-state index is 12.4. The number of fused-ring (bicyclic) bond motifs is 1. The maximum Gasteiger partial charge on any atom is 0.262 e. The summed E-state index contributed by atoms with van der Waals surface area (Å²) in [6.07, 6.45) is -0.122. The van der Waals surface area contributed by atoms with Crippen LogP contribution in [0.2, 0.25) is 0 Å². The van der Waals surface area contributed by atoms with E-state index in [0.717, 1.165) is 5.52 Å². The molecule has 2 heterocycles. The van der Waals surface area contributed by atoms with E-state index in [4.69, 9.17) is 21.7 Å². The van der Waals surface area contributed by atoms with E-state index in [-0.39, 0.29) is 11.7 Å². The Hall–Kier alpha value is -1.50. The number of rotatable bonds is 2. The predicted molar refractivity (Wildman–Crippen MR) is 74.0 cm³/mol. The Labute approximate surface area is 114 Å². The average molecular weight is 278 g/mol. The van der Waals surface area contributed by atoms with Crippen LogP contribution < -0.4 is 5.56 Å². The van der Waals surface area contributed by atoms with E-state index < -0.39 is 0 Å². The second-order valence-electron chi connectivity index (χ2n) is 4.46. The molecule has 1 fully saturated rings. The third-order valence-corrected chi connectivity index (χ3v) is 3.48. The van der Waals surface area contributed by atoms with Crippen LogP contribution in [-0.2, 0) is 16.0 Å². The molecule has 0 aliphatic carbocycles. The van der Waals surface area contributed by atoms with Crippen LogP contribution >= 0.6 is 12.2 Å². The fourth-order valence-electron chi connectivity index (χ4n) is 2.21. The van der Waals surface area contributed by atoms with Gasteiger partial charge in [0.2, 0.25) is 0 Å². The van der Waals surface area contributed by atoms with Gasteiger partial charge in [0.05, 0.1) is 43.4 Å². The monoisotopic (exact) mass is 278 g/mol. The minimum atomic E-state index is -0.122. The van der Waals surface area contributed by atoms with Crippen molar-refractivity contribution < 1.29 is 9.47 Å². The highest BCUT2D eigenvalue weighted by Gasteiger charge is 2.16. The summed E-state index contributed by atoms with van der Waals surface area (Å²) in [4.78, 5) is 15.5. The van der Waals surface area contributed by atoms with E-state index in [2.05, 4.69) is 4.98 Å². The number of aromatic amines is 1. The topological polar surface area (TPSA) is 56.2 Å². The number of nitrogens with one attached hydrogen (secondary N) is 1. The van der Waals surface area contributed by atoms with Gasteiger partial charge >= 0.3 is 0 Å². The molecule has 0 amide bonds. The zero-order chi connectivity index (χ0) is 13.2. The fourth-order valence-corrected chi connectivity index (χ4v) is 2.48. The molecular formula is C13H14N2O3S. The Kier molecular flexibility index (Phi) is 3.46. The summed E-state index contributed by atoms with van der Waals surface area (Å²) < 4.78 is 12.8. The molecule has 5 nitrogen and oxygen atoms in total. The molecular weight excluding hydrogens is 264 g/mol. The van der Waals surface area contributed by atoms with Gasteiger partial charge in [-0.1, -0.05) is 12.1 Å². The number of ether oxygens (including phenoxy) is 2. The summed E-state index contributed by atoms with van der Waals surface area (Å²) in [6.45, 7) is 2.08. The molecule has 1 N–H and O–H groups in total. The first-order chi connectivity index (χ1) is 9.25. The molecule has 0 saturated carbocycles. The molecule has 3 rings (SSSR count). The van der Waals surface area contributed by atoms with Crippen LogP contribution in [0, 0.1) is 4.77 Å². The van der Waals surface area contributed by atoms with Gasteiger partial charge in [-0.3, -0.25) is 9.36 Å². The van der Waals surface area contributed by atoms with Crippen LogP contribution in [0.15, 0.2) is 29.1 Å². The number of aromatic nitrogens is 2. The molecule has 1 aromatic carbocycles. The summed E-state index contributed by atoms with van der Waals surface area (Å²) in [5.41, 5.74) is 0.670. The molecule has 19 heavy (non-hydrogen) atoms. The van der Waals surface area contributed by atoms with Crippen molar-refractivity contribution in [3.05, 3.63) is 39.4 Å². The highest BCUT2D eigenvalue weighted by molar-refractivity contribution is 7.71. The van der Waals surface area contributed by atoms with E-state index in [1.54, 1.807) is 6.07 Å². The number of nitrogens with zero attached hydrogens (tertiary/aromatic N) is 1. The highest BCUT2D eigenvalue weighted by Crippen LogP contribution is 2.08. The summed E-state index contributed by atoms with van der Waals surface area (Å²) in [5, 5.41) is 0.632. The molecule has 1 aliphatic rings. The highest BCUT2D eigenvalue weighted by atomic mass is 32.1. The van der Waals surface area contributed by atoms with Crippen molar-refractivity contribution in [1.29, 1.82) is 0 Å². The van der Waals surface area contributed by atoms with Crippen LogP contribution in [0.4, 0.5) is 0 Å². The van der Waals surface area contributed by atoms with Crippen LogP contribution in [0.25, 0.3) is 10.9 Å². The van der Waals surface area contributed by atoms with Gasteiger partial charge in [-0.25, -0.2) is 0 Å². The van der Waals surface area contributed by atoms with Crippen molar-refractivity contribution in [2.45, 2.75) is 12.6 Å². The second-order valence-corrected chi connectivity index (χ2v) is 4.85. The normalized spacial score (nSPS) is 19.7. The minimum Gasteiger partial charge on any atom is -0.376 e. The van der Waals surface area contributed by atoms with E-state index in [9.17, 15) is 4.79 Å². The Balaban J connectivity index is 2.03. The standard InChI is InChI=1S/C13H14N2O3S/c16-12-10-3-1-2-4-11(10)14-13(19)15(12)7-9-8-17-5-6-18-9/h1-4,9H,5-8H2,(H,14,19). The number of H-pyrrole nitrogens is 1. The largest absolute Gasteiger partial charge is 0.376 e.